The van der Waals surface area contributed by atoms with Crippen LogP contribution in [0, 0.1) is 0 Å². The van der Waals surface area contributed by atoms with E-state index in [2.05, 4.69) is 0 Å². The van der Waals surface area contributed by atoms with Gasteiger partial charge in [0.25, 0.3) is 0 Å². The Morgan fingerprint density at radius 2 is 1.24 bits per heavy atom. The third kappa shape index (κ3) is 1.86. The lowest BCUT2D eigenvalue weighted by Crippen LogP contribution is -2.20. The van der Waals surface area contributed by atoms with Crippen molar-refractivity contribution >= 4 is 33.5 Å². The minimum absolute atomic E-state index is 0.440. The smallest absolute Gasteiger partial charge is 0.347 e. The molecule has 25 heavy (non-hydrogen) atoms. The van der Waals surface area contributed by atoms with Crippen LogP contribution < -0.4 is 0 Å². The molecule has 4 aromatic carbocycles. The quantitative estimate of drug-likeness (QED) is 0.282. The van der Waals surface area contributed by atoms with E-state index in [9.17, 15) is 9.59 Å². The normalized spacial score (nSPS) is 13.3. The molecule has 0 fully saturated rings. The molecule has 118 valence electrons. The van der Waals surface area contributed by atoms with Crippen LogP contribution in [0.2, 0.25) is 0 Å². The van der Waals surface area contributed by atoms with Crippen molar-refractivity contribution in [2.75, 3.05) is 0 Å². The maximum atomic E-state index is 12.7. The van der Waals surface area contributed by atoms with E-state index in [4.69, 9.17) is 4.74 Å². The Morgan fingerprint density at radius 1 is 0.560 bits per heavy atom. The predicted molar refractivity (Wildman–Crippen MR) is 96.6 cm³/mol. The summed E-state index contributed by atoms with van der Waals surface area (Å²) in [5, 5.41) is 3.57. The topological polar surface area (TPSA) is 43.4 Å². The van der Waals surface area contributed by atoms with Crippen molar-refractivity contribution < 1.29 is 14.3 Å². The van der Waals surface area contributed by atoms with Gasteiger partial charge in [0.05, 0.1) is 11.1 Å². The van der Waals surface area contributed by atoms with Crippen LogP contribution in [0.5, 0.6) is 0 Å². The van der Waals surface area contributed by atoms with Crippen molar-refractivity contribution in [3.05, 3.63) is 83.9 Å². The molecule has 0 unspecified atom stereocenters. The molecule has 5 rings (SSSR count). The van der Waals surface area contributed by atoms with E-state index in [0.717, 1.165) is 27.3 Å². The van der Waals surface area contributed by atoms with Gasteiger partial charge >= 0.3 is 11.9 Å². The number of benzene rings is 4. The minimum Gasteiger partial charge on any atom is -0.386 e. The molecule has 0 N–H and O–H groups in total. The number of hydrogen-bond donors (Lipinski definition) is 0. The van der Waals surface area contributed by atoms with E-state index in [0.29, 0.717) is 16.5 Å². The van der Waals surface area contributed by atoms with Gasteiger partial charge in [-0.05, 0) is 27.8 Å². The van der Waals surface area contributed by atoms with Crippen LogP contribution in [0.4, 0.5) is 0 Å². The lowest BCUT2D eigenvalue weighted by Gasteiger charge is -2.21. The SMILES string of the molecule is O=C1OC(=O)c2c(-c3ccccc3)c3ccccc3c3cccc1c23. The first-order valence-electron chi connectivity index (χ1n) is 8.05. The summed E-state index contributed by atoms with van der Waals surface area (Å²) in [7, 11) is 0. The van der Waals surface area contributed by atoms with Crippen LogP contribution in [-0.4, -0.2) is 11.9 Å². The summed E-state index contributed by atoms with van der Waals surface area (Å²) in [4.78, 5) is 24.9. The predicted octanol–water partition coefficient (Wildman–Crippen LogP) is 4.97. The van der Waals surface area contributed by atoms with Gasteiger partial charge in [0.1, 0.15) is 0 Å². The van der Waals surface area contributed by atoms with Crippen molar-refractivity contribution in [1.29, 1.82) is 0 Å². The molecule has 1 heterocycles. The Morgan fingerprint density at radius 3 is 2.04 bits per heavy atom. The number of esters is 2. The second kappa shape index (κ2) is 5.02. The van der Waals surface area contributed by atoms with Crippen molar-refractivity contribution in [3.63, 3.8) is 0 Å². The summed E-state index contributed by atoms with van der Waals surface area (Å²) >= 11 is 0. The molecule has 3 heteroatoms. The number of hydrogen-bond acceptors (Lipinski definition) is 3. The minimum atomic E-state index is -0.586. The third-order valence-corrected chi connectivity index (χ3v) is 4.72. The first-order valence-corrected chi connectivity index (χ1v) is 8.05. The molecule has 3 nitrogen and oxygen atoms in total. The molecule has 0 spiro atoms. The van der Waals surface area contributed by atoms with Crippen molar-refractivity contribution in [2.45, 2.75) is 0 Å². The maximum absolute atomic E-state index is 12.7. The van der Waals surface area contributed by atoms with Crippen LogP contribution >= 0.6 is 0 Å². The fourth-order valence-electron chi connectivity index (χ4n) is 3.71. The highest BCUT2D eigenvalue weighted by atomic mass is 16.6. The molecule has 0 aliphatic carbocycles. The summed E-state index contributed by atoms with van der Waals surface area (Å²) in [6, 6.07) is 23.2. The summed E-state index contributed by atoms with van der Waals surface area (Å²) in [6.45, 7) is 0. The molecule has 0 aromatic heterocycles. The molecule has 0 amide bonds. The Balaban J connectivity index is 2.11. The molecule has 0 bridgehead atoms. The number of fused-ring (bicyclic) bond motifs is 2. The summed E-state index contributed by atoms with van der Waals surface area (Å²) in [6.07, 6.45) is 0. The van der Waals surface area contributed by atoms with Gasteiger partial charge in [-0.1, -0.05) is 66.7 Å². The fourth-order valence-corrected chi connectivity index (χ4v) is 3.71. The summed E-state index contributed by atoms with van der Waals surface area (Å²) in [5.74, 6) is -1.17. The number of cyclic esters (lactones) is 2. The largest absolute Gasteiger partial charge is 0.386 e. The van der Waals surface area contributed by atoms with Gasteiger partial charge in [0.2, 0.25) is 0 Å². The molecular weight excluding hydrogens is 312 g/mol. The number of carbonyl (C=O) groups excluding carboxylic acids is 2. The van der Waals surface area contributed by atoms with Gasteiger partial charge < -0.3 is 4.74 Å². The van der Waals surface area contributed by atoms with Gasteiger partial charge in [-0.25, -0.2) is 9.59 Å². The van der Waals surface area contributed by atoms with Crippen LogP contribution in [0.25, 0.3) is 32.7 Å². The summed E-state index contributed by atoms with van der Waals surface area (Å²) in [5.41, 5.74) is 2.65. The number of carbonyl (C=O) groups is 2. The number of ether oxygens (including phenoxy) is 1. The van der Waals surface area contributed by atoms with Crippen LogP contribution in [0.1, 0.15) is 20.7 Å². The Kier molecular flexibility index (Phi) is 2.80. The van der Waals surface area contributed by atoms with Crippen LogP contribution in [-0.2, 0) is 4.74 Å². The highest BCUT2D eigenvalue weighted by molar-refractivity contribution is 6.30. The summed E-state index contributed by atoms with van der Waals surface area (Å²) < 4.78 is 5.04. The molecule has 0 saturated carbocycles. The van der Waals surface area contributed by atoms with E-state index in [-0.39, 0.29) is 0 Å². The molecular formula is C22H12O3. The Hall–Kier alpha value is -3.46. The van der Waals surface area contributed by atoms with E-state index >= 15 is 0 Å². The van der Waals surface area contributed by atoms with Crippen LogP contribution in [0.3, 0.4) is 0 Å². The fraction of sp³-hybridized carbons (Fsp3) is 0. The molecule has 0 radical (unpaired) electrons. The van der Waals surface area contributed by atoms with E-state index in [1.807, 2.05) is 66.7 Å². The maximum Gasteiger partial charge on any atom is 0.347 e. The first-order chi connectivity index (χ1) is 12.3. The first kappa shape index (κ1) is 13.9. The van der Waals surface area contributed by atoms with Crippen molar-refractivity contribution in [2.24, 2.45) is 0 Å². The lowest BCUT2D eigenvalue weighted by molar-refractivity contribution is 0.0392. The van der Waals surface area contributed by atoms with Gasteiger partial charge in [-0.2, -0.15) is 0 Å². The highest BCUT2D eigenvalue weighted by Gasteiger charge is 2.31. The van der Waals surface area contributed by atoms with Gasteiger partial charge in [0.15, 0.2) is 0 Å². The van der Waals surface area contributed by atoms with E-state index in [1.54, 1.807) is 6.07 Å². The third-order valence-electron chi connectivity index (χ3n) is 4.72. The van der Waals surface area contributed by atoms with E-state index in [1.165, 1.54) is 0 Å². The van der Waals surface area contributed by atoms with Gasteiger partial charge in [0, 0.05) is 10.9 Å². The number of rotatable bonds is 1. The van der Waals surface area contributed by atoms with Gasteiger partial charge in [-0.15, -0.1) is 0 Å². The highest BCUT2D eigenvalue weighted by Crippen LogP contribution is 2.42. The molecule has 1 aliphatic heterocycles. The van der Waals surface area contributed by atoms with Gasteiger partial charge in [-0.3, -0.25) is 0 Å². The standard InChI is InChI=1S/C22H12O3/c23-21-17-12-6-11-16-14-9-4-5-10-15(14)18(13-7-2-1-3-8-13)20(19(16)17)22(24)25-21/h1-12H. The molecule has 0 saturated heterocycles. The second-order valence-corrected chi connectivity index (χ2v) is 6.07. The second-order valence-electron chi connectivity index (χ2n) is 6.07. The average molecular weight is 324 g/mol. The zero-order chi connectivity index (χ0) is 17.0. The molecule has 4 aromatic rings. The Bertz CT molecular complexity index is 1190. The van der Waals surface area contributed by atoms with Crippen molar-refractivity contribution in [1.82, 2.24) is 0 Å². The van der Waals surface area contributed by atoms with Crippen molar-refractivity contribution in [3.8, 4) is 11.1 Å². The zero-order valence-electron chi connectivity index (χ0n) is 13.2. The Labute approximate surface area is 143 Å². The monoisotopic (exact) mass is 324 g/mol. The lowest BCUT2D eigenvalue weighted by atomic mass is 9.85. The zero-order valence-corrected chi connectivity index (χ0v) is 13.2. The molecule has 1 aliphatic rings. The van der Waals surface area contributed by atoms with Crippen LogP contribution in [0.15, 0.2) is 72.8 Å². The molecule has 0 atom stereocenters. The van der Waals surface area contributed by atoms with E-state index < -0.39 is 11.9 Å². The average Bonchev–Trinajstić information content (AvgIpc) is 2.66.